The lowest BCUT2D eigenvalue weighted by Gasteiger charge is -2.18. The maximum atomic E-state index is 13.3. The molecule has 1 atom stereocenters. The number of halogens is 1. The average molecular weight is 503 g/mol. The van der Waals surface area contributed by atoms with Crippen LogP contribution in [0.15, 0.2) is 65.3 Å². The first-order chi connectivity index (χ1) is 16.3. The van der Waals surface area contributed by atoms with Gasteiger partial charge in [-0.1, -0.05) is 29.8 Å². The van der Waals surface area contributed by atoms with Gasteiger partial charge >= 0.3 is 0 Å². The predicted octanol–water partition coefficient (Wildman–Crippen LogP) is 4.57. The molecule has 0 spiro atoms. The molecule has 0 saturated carbocycles. The molecule has 2 aromatic carbocycles. The lowest BCUT2D eigenvalue weighted by molar-refractivity contribution is 0.391. The molecule has 2 aromatic heterocycles. The van der Waals surface area contributed by atoms with Crippen molar-refractivity contribution in [1.29, 1.82) is 0 Å². The molecule has 0 aliphatic rings. The van der Waals surface area contributed by atoms with Gasteiger partial charge in [-0.3, -0.25) is 9.29 Å². The van der Waals surface area contributed by atoms with Crippen LogP contribution in [-0.4, -0.2) is 42.7 Å². The molecule has 0 bridgehead atoms. The highest BCUT2D eigenvalue weighted by Crippen LogP contribution is 2.37. The minimum absolute atomic E-state index is 0.0304. The van der Waals surface area contributed by atoms with Gasteiger partial charge < -0.3 is 13.9 Å². The number of furan rings is 1. The fourth-order valence-corrected chi connectivity index (χ4v) is 4.60. The Balaban J connectivity index is 1.77. The summed E-state index contributed by atoms with van der Waals surface area (Å²) in [5, 5.41) is 8.12. The quantitative estimate of drug-likeness (QED) is 0.357. The molecule has 34 heavy (non-hydrogen) atoms. The first-order valence-corrected chi connectivity index (χ1v) is 12.2. The van der Waals surface area contributed by atoms with Crippen LogP contribution in [0.5, 0.6) is 11.5 Å². The minimum atomic E-state index is -3.87. The molecule has 0 aliphatic heterocycles. The van der Waals surface area contributed by atoms with Crippen molar-refractivity contribution in [3.05, 3.63) is 71.4 Å². The van der Waals surface area contributed by atoms with E-state index in [-0.39, 0.29) is 18.2 Å². The SMILES string of the molecule is COc1cccc(OC)c1-n1c(NS(=O)(=O)C(C)Cc2ccc(Cl)cc2)nnc1-c1ccco1. The molecular formula is C23H23ClN4O5S. The Morgan fingerprint density at radius 1 is 1.03 bits per heavy atom. The van der Waals surface area contributed by atoms with Crippen LogP contribution in [0.3, 0.4) is 0 Å². The molecule has 0 saturated heterocycles. The number of hydrogen-bond donors (Lipinski definition) is 1. The highest BCUT2D eigenvalue weighted by atomic mass is 35.5. The largest absolute Gasteiger partial charge is 0.494 e. The van der Waals surface area contributed by atoms with Gasteiger partial charge in [0.25, 0.3) is 0 Å². The van der Waals surface area contributed by atoms with E-state index in [1.807, 2.05) is 0 Å². The van der Waals surface area contributed by atoms with E-state index in [0.717, 1.165) is 5.56 Å². The van der Waals surface area contributed by atoms with Gasteiger partial charge in [-0.05, 0) is 55.3 Å². The molecule has 0 fully saturated rings. The summed E-state index contributed by atoms with van der Waals surface area (Å²) in [4.78, 5) is 0. The van der Waals surface area contributed by atoms with Crippen molar-refractivity contribution in [2.45, 2.75) is 18.6 Å². The summed E-state index contributed by atoms with van der Waals surface area (Å²) < 4.78 is 47.2. The van der Waals surface area contributed by atoms with E-state index in [4.69, 9.17) is 25.5 Å². The van der Waals surface area contributed by atoms with E-state index in [0.29, 0.717) is 28.0 Å². The average Bonchev–Trinajstić information content (AvgIpc) is 3.49. The number of aromatic nitrogens is 3. The van der Waals surface area contributed by atoms with Crippen molar-refractivity contribution in [3.63, 3.8) is 0 Å². The second kappa shape index (κ2) is 9.78. The zero-order valence-corrected chi connectivity index (χ0v) is 20.3. The smallest absolute Gasteiger partial charge is 0.243 e. The predicted molar refractivity (Wildman–Crippen MR) is 129 cm³/mol. The van der Waals surface area contributed by atoms with Crippen LogP contribution in [0.1, 0.15) is 12.5 Å². The number of benzene rings is 2. The van der Waals surface area contributed by atoms with Crippen molar-refractivity contribution in [1.82, 2.24) is 14.8 Å². The molecular weight excluding hydrogens is 480 g/mol. The number of para-hydroxylation sites is 1. The van der Waals surface area contributed by atoms with Crippen molar-refractivity contribution in [2.24, 2.45) is 0 Å². The molecule has 9 nitrogen and oxygen atoms in total. The summed E-state index contributed by atoms with van der Waals surface area (Å²) in [6.45, 7) is 1.62. The van der Waals surface area contributed by atoms with Crippen LogP contribution in [0, 0.1) is 0 Å². The van der Waals surface area contributed by atoms with Crippen LogP contribution in [-0.2, 0) is 16.4 Å². The van der Waals surface area contributed by atoms with Gasteiger partial charge in [-0.15, -0.1) is 10.2 Å². The van der Waals surface area contributed by atoms with Crippen LogP contribution in [0.25, 0.3) is 17.3 Å². The Kier molecular flexibility index (Phi) is 6.80. The fraction of sp³-hybridized carbons (Fsp3) is 0.217. The molecule has 0 aliphatic carbocycles. The number of nitrogens with one attached hydrogen (secondary N) is 1. The normalized spacial score (nSPS) is 12.4. The number of sulfonamides is 1. The number of nitrogens with zero attached hydrogens (tertiary/aromatic N) is 3. The van der Waals surface area contributed by atoms with Crippen molar-refractivity contribution in [2.75, 3.05) is 18.9 Å². The first kappa shape index (κ1) is 23.7. The van der Waals surface area contributed by atoms with Crippen molar-refractivity contribution < 1.29 is 22.3 Å². The van der Waals surface area contributed by atoms with E-state index in [2.05, 4.69) is 14.9 Å². The van der Waals surface area contributed by atoms with E-state index in [1.165, 1.54) is 25.0 Å². The Morgan fingerprint density at radius 3 is 2.29 bits per heavy atom. The number of rotatable bonds is 9. The van der Waals surface area contributed by atoms with Crippen LogP contribution in [0.2, 0.25) is 5.02 Å². The summed E-state index contributed by atoms with van der Waals surface area (Å²) in [6.07, 6.45) is 1.77. The summed E-state index contributed by atoms with van der Waals surface area (Å²) in [5.74, 6) is 1.50. The van der Waals surface area contributed by atoms with Gasteiger partial charge in [0.05, 0.1) is 25.7 Å². The molecule has 2 heterocycles. The van der Waals surface area contributed by atoms with Crippen LogP contribution in [0.4, 0.5) is 5.95 Å². The molecule has 178 valence electrons. The van der Waals surface area contributed by atoms with E-state index < -0.39 is 15.3 Å². The van der Waals surface area contributed by atoms with Gasteiger partial charge in [-0.2, -0.15) is 0 Å². The lowest BCUT2D eigenvalue weighted by atomic mass is 10.1. The lowest BCUT2D eigenvalue weighted by Crippen LogP contribution is -2.28. The van der Waals surface area contributed by atoms with Gasteiger partial charge in [0.1, 0.15) is 17.2 Å². The zero-order chi connectivity index (χ0) is 24.3. The van der Waals surface area contributed by atoms with E-state index in [9.17, 15) is 8.42 Å². The third-order valence-corrected chi connectivity index (χ3v) is 7.17. The third kappa shape index (κ3) is 4.73. The van der Waals surface area contributed by atoms with Crippen molar-refractivity contribution >= 4 is 27.6 Å². The summed E-state index contributed by atoms with van der Waals surface area (Å²) in [5.41, 5.74) is 1.26. The summed E-state index contributed by atoms with van der Waals surface area (Å²) in [6, 6.07) is 15.7. The number of hydrogen-bond acceptors (Lipinski definition) is 7. The summed E-state index contributed by atoms with van der Waals surface area (Å²) >= 11 is 5.94. The number of ether oxygens (including phenoxy) is 2. The fourth-order valence-electron chi connectivity index (χ4n) is 3.47. The van der Waals surface area contributed by atoms with E-state index >= 15 is 0 Å². The number of methoxy groups -OCH3 is 2. The number of anilines is 1. The Morgan fingerprint density at radius 2 is 1.71 bits per heavy atom. The second-order valence-corrected chi connectivity index (χ2v) is 9.99. The maximum absolute atomic E-state index is 13.3. The molecule has 0 radical (unpaired) electrons. The van der Waals surface area contributed by atoms with Gasteiger partial charge in [-0.25, -0.2) is 8.42 Å². The van der Waals surface area contributed by atoms with Gasteiger partial charge in [0.15, 0.2) is 5.76 Å². The van der Waals surface area contributed by atoms with Crippen molar-refractivity contribution in [3.8, 4) is 28.8 Å². The zero-order valence-electron chi connectivity index (χ0n) is 18.7. The standard InChI is InChI=1S/C23H23ClN4O5S/c1-15(14-16-9-11-17(24)12-10-16)34(29,30)27-23-26-25-22(20-8-5-13-33-20)28(23)21-18(31-2)6-4-7-19(21)32-3/h4-13,15H,14H2,1-3H3,(H,26,27). The molecule has 1 N–H and O–H groups in total. The summed E-state index contributed by atoms with van der Waals surface area (Å²) in [7, 11) is -0.851. The second-order valence-electron chi connectivity index (χ2n) is 7.46. The van der Waals surface area contributed by atoms with Gasteiger partial charge in [0.2, 0.25) is 21.8 Å². The Bertz CT molecular complexity index is 1350. The van der Waals surface area contributed by atoms with E-state index in [1.54, 1.807) is 61.5 Å². The molecule has 1 unspecified atom stereocenters. The monoisotopic (exact) mass is 502 g/mol. The van der Waals surface area contributed by atoms with Crippen LogP contribution < -0.4 is 14.2 Å². The highest BCUT2D eigenvalue weighted by Gasteiger charge is 2.28. The first-order valence-electron chi connectivity index (χ1n) is 10.3. The Labute approximate surface area is 202 Å². The molecule has 11 heteroatoms. The molecule has 0 amide bonds. The maximum Gasteiger partial charge on any atom is 0.243 e. The topological polar surface area (TPSA) is 108 Å². The molecule has 4 aromatic rings. The third-order valence-electron chi connectivity index (χ3n) is 5.23. The Hall–Kier alpha value is -3.50. The molecule has 4 rings (SSSR count). The minimum Gasteiger partial charge on any atom is -0.494 e. The van der Waals surface area contributed by atoms with Gasteiger partial charge in [0, 0.05) is 5.02 Å². The van der Waals surface area contributed by atoms with Crippen LogP contribution >= 0.6 is 11.6 Å². The highest BCUT2D eigenvalue weighted by molar-refractivity contribution is 7.93.